The van der Waals surface area contributed by atoms with Gasteiger partial charge in [0, 0.05) is 13.2 Å². The Hall–Kier alpha value is -1.14. The van der Waals surface area contributed by atoms with E-state index in [4.69, 9.17) is 19.7 Å². The van der Waals surface area contributed by atoms with Gasteiger partial charge in [-0.2, -0.15) is 0 Å². The maximum Gasteiger partial charge on any atom is 0.336 e. The molecule has 0 spiro atoms. The van der Waals surface area contributed by atoms with Crippen molar-refractivity contribution >= 4 is 11.9 Å². The highest BCUT2D eigenvalue weighted by atomic mass is 16.6. The molecule has 6 nitrogen and oxygen atoms in total. The summed E-state index contributed by atoms with van der Waals surface area (Å²) >= 11 is 0. The van der Waals surface area contributed by atoms with Crippen LogP contribution in [-0.4, -0.2) is 47.6 Å². The minimum absolute atomic E-state index is 0.254. The molecular formula is C8H12O6. The van der Waals surface area contributed by atoms with Crippen molar-refractivity contribution < 1.29 is 29.3 Å². The van der Waals surface area contributed by atoms with Gasteiger partial charge in [0.15, 0.2) is 12.2 Å². The Bertz CT molecular complexity index is 202. The molecule has 0 saturated carbocycles. The van der Waals surface area contributed by atoms with Gasteiger partial charge in [-0.25, -0.2) is 9.59 Å². The number of carbonyl (C=O) groups is 2. The summed E-state index contributed by atoms with van der Waals surface area (Å²) in [7, 11) is 0. The molecule has 6 heteroatoms. The smallest absolute Gasteiger partial charge is 0.336 e. The summed E-state index contributed by atoms with van der Waals surface area (Å²) in [4.78, 5) is 21.3. The largest absolute Gasteiger partial charge is 0.479 e. The molecule has 1 rings (SSSR count). The molecule has 1 aliphatic rings. The quantitative estimate of drug-likeness (QED) is 0.642. The highest BCUT2D eigenvalue weighted by molar-refractivity contribution is 5.83. The highest BCUT2D eigenvalue weighted by Crippen LogP contribution is 2.11. The summed E-state index contributed by atoms with van der Waals surface area (Å²) < 4.78 is 9.83. The number of hydrogen-bond donors (Lipinski definition) is 2. The third-order valence-electron chi connectivity index (χ3n) is 1.90. The summed E-state index contributed by atoms with van der Waals surface area (Å²) in [5.41, 5.74) is 0. The van der Waals surface area contributed by atoms with E-state index >= 15 is 0 Å². The predicted molar refractivity (Wildman–Crippen MR) is 44.0 cm³/mol. The SMILES string of the molecule is O=C(O)C1OCCCCOC1C(=O)O. The minimum atomic E-state index is -1.41. The molecule has 1 heterocycles. The maximum atomic E-state index is 10.7. The van der Waals surface area contributed by atoms with Crippen LogP contribution in [0.3, 0.4) is 0 Å². The van der Waals surface area contributed by atoms with Gasteiger partial charge in [-0.1, -0.05) is 0 Å². The van der Waals surface area contributed by atoms with E-state index in [0.29, 0.717) is 12.8 Å². The van der Waals surface area contributed by atoms with E-state index in [1.807, 2.05) is 0 Å². The van der Waals surface area contributed by atoms with Crippen molar-refractivity contribution in [2.45, 2.75) is 25.0 Å². The average molecular weight is 204 g/mol. The average Bonchev–Trinajstić information content (AvgIpc) is 2.01. The molecule has 0 aromatic heterocycles. The molecular weight excluding hydrogens is 192 g/mol. The molecule has 0 aliphatic carbocycles. The third-order valence-corrected chi connectivity index (χ3v) is 1.90. The second-order valence-electron chi connectivity index (χ2n) is 2.97. The summed E-state index contributed by atoms with van der Waals surface area (Å²) in [5.74, 6) is -2.61. The number of carboxylic acid groups (broad SMARTS) is 2. The predicted octanol–water partition coefficient (Wildman–Crippen LogP) is -0.280. The summed E-state index contributed by atoms with van der Waals surface area (Å²) in [6.45, 7) is 0.508. The second kappa shape index (κ2) is 4.92. The van der Waals surface area contributed by atoms with Crippen molar-refractivity contribution in [2.24, 2.45) is 0 Å². The van der Waals surface area contributed by atoms with Gasteiger partial charge < -0.3 is 19.7 Å². The molecule has 0 radical (unpaired) electrons. The lowest BCUT2D eigenvalue weighted by molar-refractivity contribution is -0.179. The van der Waals surface area contributed by atoms with Crippen LogP contribution in [0.5, 0.6) is 0 Å². The maximum absolute atomic E-state index is 10.7. The fourth-order valence-corrected chi connectivity index (χ4v) is 1.20. The van der Waals surface area contributed by atoms with Gasteiger partial charge in [0.1, 0.15) is 0 Å². The molecule has 1 fully saturated rings. The van der Waals surface area contributed by atoms with Crippen molar-refractivity contribution in [3.8, 4) is 0 Å². The number of carboxylic acids is 2. The van der Waals surface area contributed by atoms with E-state index in [0.717, 1.165) is 0 Å². The number of rotatable bonds is 2. The molecule has 14 heavy (non-hydrogen) atoms. The lowest BCUT2D eigenvalue weighted by Crippen LogP contribution is -2.45. The molecule has 80 valence electrons. The Balaban J connectivity index is 2.70. The van der Waals surface area contributed by atoms with Crippen LogP contribution in [-0.2, 0) is 19.1 Å². The zero-order valence-electron chi connectivity index (χ0n) is 7.51. The Morgan fingerprint density at radius 2 is 1.29 bits per heavy atom. The minimum Gasteiger partial charge on any atom is -0.479 e. The number of hydrogen-bond acceptors (Lipinski definition) is 4. The lowest BCUT2D eigenvalue weighted by Gasteiger charge is -2.23. The van der Waals surface area contributed by atoms with Crippen molar-refractivity contribution in [2.75, 3.05) is 13.2 Å². The molecule has 0 bridgehead atoms. The standard InChI is InChI=1S/C8H12O6/c9-7(10)5-6(8(11)12)14-4-2-1-3-13-5/h5-6H,1-4H2,(H,9,10)(H,11,12). The molecule has 2 unspecified atom stereocenters. The topological polar surface area (TPSA) is 93.1 Å². The number of ether oxygens (including phenoxy) is 2. The van der Waals surface area contributed by atoms with Crippen LogP contribution in [0.25, 0.3) is 0 Å². The first-order valence-corrected chi connectivity index (χ1v) is 4.31. The van der Waals surface area contributed by atoms with Crippen molar-refractivity contribution in [1.82, 2.24) is 0 Å². The zero-order valence-corrected chi connectivity index (χ0v) is 7.51. The van der Waals surface area contributed by atoms with Crippen LogP contribution < -0.4 is 0 Å². The fraction of sp³-hybridized carbons (Fsp3) is 0.750. The monoisotopic (exact) mass is 204 g/mol. The molecule has 0 aromatic rings. The van der Waals surface area contributed by atoms with Crippen LogP contribution in [0.1, 0.15) is 12.8 Å². The van der Waals surface area contributed by atoms with E-state index in [9.17, 15) is 9.59 Å². The van der Waals surface area contributed by atoms with Gasteiger partial charge in [0.05, 0.1) is 0 Å². The first-order valence-electron chi connectivity index (χ1n) is 4.31. The Labute approximate surface area is 80.4 Å². The molecule has 1 saturated heterocycles. The Kier molecular flexibility index (Phi) is 3.84. The first kappa shape index (κ1) is 10.9. The van der Waals surface area contributed by atoms with Crippen molar-refractivity contribution in [3.05, 3.63) is 0 Å². The van der Waals surface area contributed by atoms with Crippen molar-refractivity contribution in [3.63, 3.8) is 0 Å². The lowest BCUT2D eigenvalue weighted by atomic mass is 10.2. The van der Waals surface area contributed by atoms with E-state index in [-0.39, 0.29) is 13.2 Å². The number of aliphatic carboxylic acids is 2. The van der Waals surface area contributed by atoms with Gasteiger partial charge in [0.25, 0.3) is 0 Å². The fourth-order valence-electron chi connectivity index (χ4n) is 1.20. The first-order chi connectivity index (χ1) is 6.63. The summed E-state index contributed by atoms with van der Waals surface area (Å²) in [6.07, 6.45) is -1.47. The Morgan fingerprint density at radius 1 is 0.929 bits per heavy atom. The van der Waals surface area contributed by atoms with Crippen LogP contribution in [0.4, 0.5) is 0 Å². The van der Waals surface area contributed by atoms with Gasteiger partial charge >= 0.3 is 11.9 Å². The van der Waals surface area contributed by atoms with E-state index in [1.165, 1.54) is 0 Å². The molecule has 1 aliphatic heterocycles. The summed E-state index contributed by atoms with van der Waals surface area (Å²) in [5, 5.41) is 17.4. The van der Waals surface area contributed by atoms with Crippen LogP contribution in [0, 0.1) is 0 Å². The molecule has 2 atom stereocenters. The molecule has 0 amide bonds. The van der Waals surface area contributed by atoms with E-state index in [1.54, 1.807) is 0 Å². The van der Waals surface area contributed by atoms with Gasteiger partial charge in [-0.15, -0.1) is 0 Å². The second-order valence-corrected chi connectivity index (χ2v) is 2.97. The third kappa shape index (κ3) is 2.68. The van der Waals surface area contributed by atoms with Crippen molar-refractivity contribution in [1.29, 1.82) is 0 Å². The van der Waals surface area contributed by atoms with E-state index < -0.39 is 24.1 Å². The summed E-state index contributed by atoms with van der Waals surface area (Å²) in [6, 6.07) is 0. The highest BCUT2D eigenvalue weighted by Gasteiger charge is 2.36. The zero-order chi connectivity index (χ0) is 10.6. The Morgan fingerprint density at radius 3 is 1.57 bits per heavy atom. The van der Waals surface area contributed by atoms with Crippen LogP contribution in [0.15, 0.2) is 0 Å². The van der Waals surface area contributed by atoms with Crippen LogP contribution >= 0.6 is 0 Å². The van der Waals surface area contributed by atoms with Crippen LogP contribution in [0.2, 0.25) is 0 Å². The van der Waals surface area contributed by atoms with Gasteiger partial charge in [0.2, 0.25) is 0 Å². The normalized spacial score (nSPS) is 28.9. The molecule has 0 aromatic carbocycles. The van der Waals surface area contributed by atoms with Gasteiger partial charge in [-0.05, 0) is 12.8 Å². The van der Waals surface area contributed by atoms with E-state index in [2.05, 4.69) is 0 Å². The van der Waals surface area contributed by atoms with Gasteiger partial charge in [-0.3, -0.25) is 0 Å². The molecule has 2 N–H and O–H groups in total.